The van der Waals surface area contributed by atoms with E-state index in [9.17, 15) is 4.79 Å². The maximum Gasteiger partial charge on any atom is 0.275 e. The maximum absolute atomic E-state index is 12.4. The minimum atomic E-state index is -0.333. The predicted molar refractivity (Wildman–Crippen MR) is 103 cm³/mol. The fourth-order valence-corrected chi connectivity index (χ4v) is 2.77. The molecule has 1 amide bonds. The molecule has 2 N–H and O–H groups in total. The zero-order valence-corrected chi connectivity index (χ0v) is 15.8. The Bertz CT molecular complexity index is 708. The van der Waals surface area contributed by atoms with Gasteiger partial charge in [-0.3, -0.25) is 4.79 Å². The molecular weight excluding hydrogens is 338 g/mol. The highest BCUT2D eigenvalue weighted by Gasteiger charge is 2.13. The lowest BCUT2D eigenvalue weighted by atomic mass is 10.1. The molecule has 2 rings (SSSR count). The third-order valence-electron chi connectivity index (χ3n) is 3.64. The van der Waals surface area contributed by atoms with Crippen LogP contribution in [0.1, 0.15) is 28.0 Å². The number of hydrogen-bond acceptors (Lipinski definition) is 5. The lowest BCUT2D eigenvalue weighted by molar-refractivity contribution is 0.102. The van der Waals surface area contributed by atoms with Crippen LogP contribution < -0.4 is 10.6 Å². The molecule has 0 unspecified atom stereocenters. The average Bonchev–Trinajstić information content (AvgIpc) is 2.55. The molecule has 0 bridgehead atoms. The molecule has 134 valence electrons. The third-order valence-corrected chi connectivity index (χ3v) is 3.94. The van der Waals surface area contributed by atoms with Gasteiger partial charge in [-0.2, -0.15) is 0 Å². The topological polar surface area (TPSA) is 70.2 Å². The van der Waals surface area contributed by atoms with Crippen LogP contribution in [0.15, 0.2) is 24.5 Å². The lowest BCUT2D eigenvalue weighted by Crippen LogP contribution is -2.17. The van der Waals surface area contributed by atoms with Gasteiger partial charge in [-0.05, 0) is 58.1 Å². The third kappa shape index (κ3) is 5.69. The summed E-state index contributed by atoms with van der Waals surface area (Å²) in [5.41, 5.74) is 2.80. The summed E-state index contributed by atoms with van der Waals surface area (Å²) < 4.78 is 0. The quantitative estimate of drug-likeness (QED) is 0.740. The van der Waals surface area contributed by atoms with Crippen LogP contribution in [0.5, 0.6) is 0 Å². The minimum absolute atomic E-state index is 0.245. The Balaban J connectivity index is 1.97. The molecule has 7 heteroatoms. The van der Waals surface area contributed by atoms with Gasteiger partial charge in [0.1, 0.15) is 11.5 Å². The van der Waals surface area contributed by atoms with Crippen LogP contribution in [0.2, 0.25) is 5.02 Å². The standard InChI is InChI=1S/C18H24ClN5O/c1-12-8-13(2)17(14(19)9-12)23-18(25)15-10-22-16(11-21-15)20-6-5-7-24(3)4/h8-11H,5-7H2,1-4H3,(H,20,22)(H,23,25). The Morgan fingerprint density at radius 1 is 1.20 bits per heavy atom. The lowest BCUT2D eigenvalue weighted by Gasteiger charge is -2.12. The molecule has 0 fully saturated rings. The fraction of sp³-hybridized carbons (Fsp3) is 0.389. The molecule has 1 heterocycles. The van der Waals surface area contributed by atoms with Crippen molar-refractivity contribution in [3.63, 3.8) is 0 Å². The van der Waals surface area contributed by atoms with E-state index in [1.54, 1.807) is 6.20 Å². The number of aryl methyl sites for hydroxylation is 2. The Hall–Kier alpha value is -2.18. The minimum Gasteiger partial charge on any atom is -0.369 e. The van der Waals surface area contributed by atoms with Crippen molar-refractivity contribution in [3.05, 3.63) is 46.4 Å². The number of carbonyl (C=O) groups excluding carboxylic acids is 1. The molecular formula is C18H24ClN5O. The first-order chi connectivity index (χ1) is 11.9. The summed E-state index contributed by atoms with van der Waals surface area (Å²) in [6.45, 7) is 5.66. The van der Waals surface area contributed by atoms with Gasteiger partial charge < -0.3 is 15.5 Å². The molecule has 0 aliphatic carbocycles. The number of benzene rings is 1. The summed E-state index contributed by atoms with van der Waals surface area (Å²) in [5.74, 6) is 0.320. The molecule has 0 aliphatic rings. The summed E-state index contributed by atoms with van der Waals surface area (Å²) in [6, 6.07) is 3.78. The summed E-state index contributed by atoms with van der Waals surface area (Å²) in [4.78, 5) is 22.9. The monoisotopic (exact) mass is 361 g/mol. The van der Waals surface area contributed by atoms with E-state index in [2.05, 4.69) is 25.5 Å². The Morgan fingerprint density at radius 3 is 2.56 bits per heavy atom. The molecule has 1 aromatic carbocycles. The molecule has 0 spiro atoms. The molecule has 0 aliphatic heterocycles. The van der Waals surface area contributed by atoms with E-state index in [1.807, 2.05) is 40.1 Å². The molecule has 0 atom stereocenters. The number of nitrogens with one attached hydrogen (secondary N) is 2. The zero-order chi connectivity index (χ0) is 18.4. The Kier molecular flexibility index (Phi) is 6.73. The molecule has 6 nitrogen and oxygen atoms in total. The second kappa shape index (κ2) is 8.78. The number of aromatic nitrogens is 2. The van der Waals surface area contributed by atoms with Crippen molar-refractivity contribution in [1.82, 2.24) is 14.9 Å². The SMILES string of the molecule is Cc1cc(C)c(NC(=O)c2cnc(NCCCN(C)C)cn2)c(Cl)c1. The van der Waals surface area contributed by atoms with E-state index < -0.39 is 0 Å². The Labute approximate surface area is 153 Å². The van der Waals surface area contributed by atoms with E-state index in [0.29, 0.717) is 16.5 Å². The van der Waals surface area contributed by atoms with Gasteiger partial charge in [0.2, 0.25) is 0 Å². The van der Waals surface area contributed by atoms with Crippen LogP contribution in [0.4, 0.5) is 11.5 Å². The summed E-state index contributed by atoms with van der Waals surface area (Å²) in [6.07, 6.45) is 4.03. The number of carbonyl (C=O) groups is 1. The van der Waals surface area contributed by atoms with Crippen molar-refractivity contribution in [2.75, 3.05) is 37.8 Å². The number of amides is 1. The summed E-state index contributed by atoms with van der Waals surface area (Å²) in [5, 5.41) is 6.51. The average molecular weight is 362 g/mol. The van der Waals surface area contributed by atoms with Crippen LogP contribution in [0.3, 0.4) is 0 Å². The molecule has 2 aromatic rings. The van der Waals surface area contributed by atoms with E-state index in [-0.39, 0.29) is 11.6 Å². The van der Waals surface area contributed by atoms with Gasteiger partial charge in [0.05, 0.1) is 23.1 Å². The predicted octanol–water partition coefficient (Wildman–Crippen LogP) is 3.36. The first-order valence-electron chi connectivity index (χ1n) is 8.15. The summed E-state index contributed by atoms with van der Waals surface area (Å²) in [7, 11) is 4.07. The highest BCUT2D eigenvalue weighted by molar-refractivity contribution is 6.34. The molecule has 25 heavy (non-hydrogen) atoms. The highest BCUT2D eigenvalue weighted by Crippen LogP contribution is 2.27. The molecule has 1 aromatic heterocycles. The van der Waals surface area contributed by atoms with Crippen LogP contribution in [-0.4, -0.2) is 48.0 Å². The van der Waals surface area contributed by atoms with Gasteiger partial charge in [-0.1, -0.05) is 17.7 Å². The van der Waals surface area contributed by atoms with Crippen molar-refractivity contribution in [2.24, 2.45) is 0 Å². The van der Waals surface area contributed by atoms with Crippen molar-refractivity contribution < 1.29 is 4.79 Å². The van der Waals surface area contributed by atoms with Gasteiger partial charge in [0.25, 0.3) is 5.91 Å². The highest BCUT2D eigenvalue weighted by atomic mass is 35.5. The molecule has 0 saturated carbocycles. The zero-order valence-electron chi connectivity index (χ0n) is 15.1. The van der Waals surface area contributed by atoms with E-state index >= 15 is 0 Å². The second-order valence-electron chi connectivity index (χ2n) is 6.26. The van der Waals surface area contributed by atoms with E-state index in [1.165, 1.54) is 6.20 Å². The van der Waals surface area contributed by atoms with Gasteiger partial charge in [0.15, 0.2) is 0 Å². The number of anilines is 2. The first kappa shape index (κ1) is 19.1. The van der Waals surface area contributed by atoms with Gasteiger partial charge in [-0.15, -0.1) is 0 Å². The van der Waals surface area contributed by atoms with Gasteiger partial charge in [-0.25, -0.2) is 9.97 Å². The molecule has 0 saturated heterocycles. The van der Waals surface area contributed by atoms with E-state index in [4.69, 9.17) is 11.6 Å². The second-order valence-corrected chi connectivity index (χ2v) is 6.67. The number of halogens is 1. The number of hydrogen-bond donors (Lipinski definition) is 2. The van der Waals surface area contributed by atoms with Crippen molar-refractivity contribution >= 4 is 29.0 Å². The first-order valence-corrected chi connectivity index (χ1v) is 8.53. The van der Waals surface area contributed by atoms with Crippen molar-refractivity contribution in [1.29, 1.82) is 0 Å². The van der Waals surface area contributed by atoms with Crippen molar-refractivity contribution in [3.8, 4) is 0 Å². The molecule has 0 radical (unpaired) electrons. The van der Waals surface area contributed by atoms with Crippen LogP contribution >= 0.6 is 11.6 Å². The number of rotatable bonds is 7. The van der Waals surface area contributed by atoms with Crippen LogP contribution in [-0.2, 0) is 0 Å². The normalized spacial score (nSPS) is 10.8. The largest absolute Gasteiger partial charge is 0.369 e. The van der Waals surface area contributed by atoms with Gasteiger partial charge in [0, 0.05) is 6.54 Å². The van der Waals surface area contributed by atoms with Crippen LogP contribution in [0, 0.1) is 13.8 Å². The maximum atomic E-state index is 12.4. The number of nitrogens with zero attached hydrogens (tertiary/aromatic N) is 3. The van der Waals surface area contributed by atoms with Crippen molar-refractivity contribution in [2.45, 2.75) is 20.3 Å². The van der Waals surface area contributed by atoms with Crippen LogP contribution in [0.25, 0.3) is 0 Å². The fourth-order valence-electron chi connectivity index (χ4n) is 2.40. The van der Waals surface area contributed by atoms with E-state index in [0.717, 1.165) is 30.6 Å². The Morgan fingerprint density at radius 2 is 1.96 bits per heavy atom. The van der Waals surface area contributed by atoms with Gasteiger partial charge >= 0.3 is 0 Å². The smallest absolute Gasteiger partial charge is 0.275 e. The summed E-state index contributed by atoms with van der Waals surface area (Å²) >= 11 is 6.22.